The van der Waals surface area contributed by atoms with Crippen LogP contribution < -0.4 is 5.73 Å². The van der Waals surface area contributed by atoms with E-state index in [0.717, 1.165) is 19.3 Å². The van der Waals surface area contributed by atoms with Crippen LogP contribution in [0.4, 0.5) is 0 Å². The Balaban J connectivity index is 2.12. The van der Waals surface area contributed by atoms with Gasteiger partial charge in [-0.3, -0.25) is 0 Å². The van der Waals surface area contributed by atoms with E-state index in [1.54, 1.807) is 4.31 Å². The predicted molar refractivity (Wildman–Crippen MR) is 60.3 cm³/mol. The molecule has 0 aromatic rings. The summed E-state index contributed by atoms with van der Waals surface area (Å²) in [6.45, 7) is 0.650. The summed E-state index contributed by atoms with van der Waals surface area (Å²) in [6, 6.07) is 0.303. The maximum atomic E-state index is 11.9. The van der Waals surface area contributed by atoms with Gasteiger partial charge in [0.05, 0.1) is 5.75 Å². The quantitative estimate of drug-likeness (QED) is 0.738. The number of hydrogen-bond acceptors (Lipinski definition) is 3. The lowest BCUT2D eigenvalue weighted by Crippen LogP contribution is -2.40. The number of nitrogens with two attached hydrogens (primary N) is 1. The van der Waals surface area contributed by atoms with Crippen LogP contribution in [-0.2, 0) is 10.0 Å². The molecule has 1 heterocycles. The van der Waals surface area contributed by atoms with E-state index in [0.29, 0.717) is 12.5 Å². The van der Waals surface area contributed by atoms with Gasteiger partial charge < -0.3 is 5.73 Å². The zero-order valence-corrected chi connectivity index (χ0v) is 10.2. The van der Waals surface area contributed by atoms with Gasteiger partial charge in [-0.1, -0.05) is 0 Å². The SMILES string of the molecule is NC1CC2CC(C1)N(S(=O)(=O)CCCl)C2. The van der Waals surface area contributed by atoms with Crippen molar-refractivity contribution >= 4 is 21.6 Å². The van der Waals surface area contributed by atoms with E-state index in [9.17, 15) is 8.42 Å². The highest BCUT2D eigenvalue weighted by molar-refractivity contribution is 7.89. The first kappa shape index (κ1) is 11.6. The summed E-state index contributed by atoms with van der Waals surface area (Å²) in [6.07, 6.45) is 2.75. The Kier molecular flexibility index (Phi) is 3.26. The van der Waals surface area contributed by atoms with Gasteiger partial charge >= 0.3 is 0 Å². The van der Waals surface area contributed by atoms with Gasteiger partial charge in [0.1, 0.15) is 0 Å². The summed E-state index contributed by atoms with van der Waals surface area (Å²) in [7, 11) is -3.14. The van der Waals surface area contributed by atoms with Crippen LogP contribution >= 0.6 is 11.6 Å². The molecular weight excluding hydrogens is 236 g/mol. The average Bonchev–Trinajstić information content (AvgIpc) is 2.42. The lowest BCUT2D eigenvalue weighted by molar-refractivity contribution is 0.329. The second-order valence-electron chi connectivity index (χ2n) is 4.56. The standard InChI is InChI=1S/C9H17ClN2O2S/c10-1-2-15(13,14)12-6-7-3-8(11)5-9(12)4-7/h7-9H,1-6,11H2. The number of halogens is 1. The summed E-state index contributed by atoms with van der Waals surface area (Å²) in [5, 5.41) is 0. The summed E-state index contributed by atoms with van der Waals surface area (Å²) in [5.74, 6) is 0.679. The van der Waals surface area contributed by atoms with Gasteiger partial charge in [-0.15, -0.1) is 11.6 Å². The molecule has 15 heavy (non-hydrogen) atoms. The summed E-state index contributed by atoms with van der Waals surface area (Å²) >= 11 is 5.51. The van der Waals surface area contributed by atoms with Crippen molar-refractivity contribution in [1.29, 1.82) is 0 Å². The van der Waals surface area contributed by atoms with Crippen LogP contribution in [0.3, 0.4) is 0 Å². The maximum absolute atomic E-state index is 11.9. The van der Waals surface area contributed by atoms with Crippen LogP contribution in [0.2, 0.25) is 0 Å². The van der Waals surface area contributed by atoms with Crippen LogP contribution in [0.25, 0.3) is 0 Å². The lowest BCUT2D eigenvalue weighted by atomic mass is 9.87. The van der Waals surface area contributed by atoms with Gasteiger partial charge in [0, 0.05) is 24.5 Å². The van der Waals surface area contributed by atoms with E-state index in [1.807, 2.05) is 0 Å². The smallest absolute Gasteiger partial charge is 0.215 e. The fourth-order valence-corrected chi connectivity index (χ4v) is 4.87. The zero-order chi connectivity index (χ0) is 11.1. The van der Waals surface area contributed by atoms with Crippen molar-refractivity contribution in [2.45, 2.75) is 31.3 Å². The molecule has 6 heteroatoms. The Morgan fingerprint density at radius 1 is 1.33 bits per heavy atom. The minimum absolute atomic E-state index is 0.0486. The van der Waals surface area contributed by atoms with Gasteiger partial charge in [-0.05, 0) is 25.2 Å². The molecule has 1 saturated heterocycles. The van der Waals surface area contributed by atoms with Gasteiger partial charge in [-0.25, -0.2) is 8.42 Å². The van der Waals surface area contributed by atoms with E-state index in [2.05, 4.69) is 0 Å². The molecule has 0 amide bonds. The lowest BCUT2D eigenvalue weighted by Gasteiger charge is -2.26. The molecule has 0 aromatic carbocycles. The molecule has 0 radical (unpaired) electrons. The number of sulfonamides is 1. The molecule has 3 atom stereocenters. The molecule has 3 unspecified atom stereocenters. The third-order valence-corrected chi connectivity index (χ3v) is 5.65. The Bertz CT molecular complexity index is 333. The third-order valence-electron chi connectivity index (χ3n) is 3.35. The first-order valence-electron chi connectivity index (χ1n) is 5.34. The second-order valence-corrected chi connectivity index (χ2v) is 6.98. The molecule has 0 aromatic heterocycles. The molecule has 1 aliphatic heterocycles. The predicted octanol–water partition coefficient (Wildman–Crippen LogP) is 0.367. The minimum Gasteiger partial charge on any atom is -0.328 e. The van der Waals surface area contributed by atoms with E-state index in [-0.39, 0.29) is 23.7 Å². The number of fused-ring (bicyclic) bond motifs is 2. The molecular formula is C9H17ClN2O2S. The van der Waals surface area contributed by atoms with Crippen molar-refractivity contribution in [2.24, 2.45) is 11.7 Å². The molecule has 88 valence electrons. The van der Waals surface area contributed by atoms with Crippen LogP contribution in [-0.4, -0.2) is 43.0 Å². The average molecular weight is 253 g/mol. The number of rotatable bonds is 3. The Morgan fingerprint density at radius 2 is 2.07 bits per heavy atom. The van der Waals surface area contributed by atoms with E-state index in [1.165, 1.54) is 0 Å². The molecule has 2 fully saturated rings. The molecule has 4 nitrogen and oxygen atoms in total. The van der Waals surface area contributed by atoms with E-state index >= 15 is 0 Å². The largest absolute Gasteiger partial charge is 0.328 e. The zero-order valence-electron chi connectivity index (χ0n) is 8.60. The molecule has 2 bridgehead atoms. The summed E-state index contributed by atoms with van der Waals surface area (Å²) < 4.78 is 25.4. The topological polar surface area (TPSA) is 63.4 Å². The Morgan fingerprint density at radius 3 is 2.73 bits per heavy atom. The van der Waals surface area contributed by atoms with Crippen LogP contribution in [0.5, 0.6) is 0 Å². The first-order chi connectivity index (χ1) is 7.03. The third kappa shape index (κ3) is 2.30. The van der Waals surface area contributed by atoms with Crippen molar-refractivity contribution in [3.05, 3.63) is 0 Å². The van der Waals surface area contributed by atoms with Crippen molar-refractivity contribution in [3.8, 4) is 0 Å². The number of hydrogen-bond donors (Lipinski definition) is 1. The van der Waals surface area contributed by atoms with Crippen molar-refractivity contribution in [2.75, 3.05) is 18.2 Å². The molecule has 2 rings (SSSR count). The highest BCUT2D eigenvalue weighted by Crippen LogP contribution is 2.36. The normalized spacial score (nSPS) is 37.1. The van der Waals surface area contributed by atoms with Gasteiger partial charge in [0.25, 0.3) is 0 Å². The monoisotopic (exact) mass is 252 g/mol. The molecule has 2 N–H and O–H groups in total. The molecule has 0 spiro atoms. The van der Waals surface area contributed by atoms with Gasteiger partial charge in [-0.2, -0.15) is 4.31 Å². The van der Waals surface area contributed by atoms with Gasteiger partial charge in [0.2, 0.25) is 10.0 Å². The first-order valence-corrected chi connectivity index (χ1v) is 7.48. The summed E-state index contributed by atoms with van der Waals surface area (Å²) in [5.41, 5.74) is 5.89. The Hall–Kier alpha value is 0.160. The van der Waals surface area contributed by atoms with Gasteiger partial charge in [0.15, 0.2) is 0 Å². The van der Waals surface area contributed by atoms with Crippen molar-refractivity contribution in [3.63, 3.8) is 0 Å². The van der Waals surface area contributed by atoms with Crippen LogP contribution in [0.15, 0.2) is 0 Å². The fraction of sp³-hybridized carbons (Fsp3) is 1.00. The Labute approximate surface area is 95.8 Å². The van der Waals surface area contributed by atoms with E-state index < -0.39 is 10.0 Å². The summed E-state index contributed by atoms with van der Waals surface area (Å²) in [4.78, 5) is 0. The molecule has 2 aliphatic rings. The second kappa shape index (κ2) is 4.20. The fourth-order valence-electron chi connectivity index (χ4n) is 2.79. The number of alkyl halides is 1. The number of nitrogens with zero attached hydrogens (tertiary/aromatic N) is 1. The maximum Gasteiger partial charge on any atom is 0.215 e. The van der Waals surface area contributed by atoms with Crippen molar-refractivity contribution < 1.29 is 8.42 Å². The minimum atomic E-state index is -3.14. The highest BCUT2D eigenvalue weighted by Gasteiger charge is 2.43. The van der Waals surface area contributed by atoms with Crippen molar-refractivity contribution in [1.82, 2.24) is 4.31 Å². The highest BCUT2D eigenvalue weighted by atomic mass is 35.5. The van der Waals surface area contributed by atoms with Crippen LogP contribution in [0.1, 0.15) is 19.3 Å². The molecule has 1 aliphatic carbocycles. The van der Waals surface area contributed by atoms with E-state index in [4.69, 9.17) is 17.3 Å². The molecule has 1 saturated carbocycles. The van der Waals surface area contributed by atoms with Crippen LogP contribution in [0, 0.1) is 5.92 Å².